The Hall–Kier alpha value is -2.02. The number of likely N-dealkylation sites (tertiary alicyclic amines) is 1. The van der Waals surface area contributed by atoms with Gasteiger partial charge in [-0.1, -0.05) is 6.07 Å². The Morgan fingerprint density at radius 3 is 2.62 bits per heavy atom. The zero-order chi connectivity index (χ0) is 17.3. The van der Waals surface area contributed by atoms with Crippen LogP contribution < -0.4 is 0 Å². The molecular weight excluding hydrogens is 320 g/mol. The van der Waals surface area contributed by atoms with Gasteiger partial charge in [-0.25, -0.2) is 8.78 Å². The topological polar surface area (TPSA) is 66.8 Å². The van der Waals surface area contributed by atoms with Crippen molar-refractivity contribution in [3.8, 4) is 0 Å². The number of nitrogens with zero attached hydrogens (tertiary/aromatic N) is 1. The van der Waals surface area contributed by atoms with Gasteiger partial charge in [0, 0.05) is 25.1 Å². The Balaban J connectivity index is 1.68. The standard InChI is InChI=1S/C17H19F2NO4/c18-11-3-4-12(15(19)5-11)13-6-20(7-14(13)17(22)23)16(21)9-24-8-10-1-2-10/h3-5,10,13-14H,1-2,6-9H2,(H,22,23)/t13-,14+/m1/s1. The summed E-state index contributed by atoms with van der Waals surface area (Å²) in [6, 6.07) is 3.08. The zero-order valence-corrected chi connectivity index (χ0v) is 13.1. The molecule has 1 aliphatic carbocycles. The van der Waals surface area contributed by atoms with E-state index in [-0.39, 0.29) is 31.2 Å². The van der Waals surface area contributed by atoms with Gasteiger partial charge in [-0.15, -0.1) is 0 Å². The van der Waals surface area contributed by atoms with Gasteiger partial charge in [-0.05, 0) is 30.4 Å². The summed E-state index contributed by atoms with van der Waals surface area (Å²) in [5.41, 5.74) is 0.123. The Labute approximate surface area is 138 Å². The Kier molecular flexibility index (Phi) is 4.80. The zero-order valence-electron chi connectivity index (χ0n) is 13.1. The molecule has 1 aromatic carbocycles. The van der Waals surface area contributed by atoms with Crippen molar-refractivity contribution in [1.29, 1.82) is 0 Å². The van der Waals surface area contributed by atoms with E-state index in [0.717, 1.165) is 25.0 Å². The van der Waals surface area contributed by atoms with Crippen molar-refractivity contribution in [3.05, 3.63) is 35.4 Å². The average Bonchev–Trinajstić information content (AvgIpc) is 3.23. The Morgan fingerprint density at radius 2 is 2.00 bits per heavy atom. The van der Waals surface area contributed by atoms with Crippen LogP contribution in [0.2, 0.25) is 0 Å². The molecule has 1 N–H and O–H groups in total. The molecule has 0 spiro atoms. The first-order valence-electron chi connectivity index (χ1n) is 7.99. The molecule has 0 bridgehead atoms. The minimum atomic E-state index is -1.10. The molecule has 3 rings (SSSR count). The Bertz CT molecular complexity index is 647. The molecule has 2 aliphatic rings. The number of hydrogen-bond donors (Lipinski definition) is 1. The minimum absolute atomic E-state index is 0.00242. The molecule has 1 aromatic rings. The lowest BCUT2D eigenvalue weighted by atomic mass is 9.88. The van der Waals surface area contributed by atoms with Gasteiger partial charge < -0.3 is 14.7 Å². The van der Waals surface area contributed by atoms with Crippen LogP contribution in [-0.2, 0) is 14.3 Å². The summed E-state index contributed by atoms with van der Waals surface area (Å²) < 4.78 is 32.4. The van der Waals surface area contributed by atoms with E-state index in [1.54, 1.807) is 0 Å². The van der Waals surface area contributed by atoms with Crippen molar-refractivity contribution >= 4 is 11.9 Å². The molecule has 2 atom stereocenters. The van der Waals surface area contributed by atoms with Crippen LogP contribution in [0.3, 0.4) is 0 Å². The number of aliphatic carboxylic acids is 1. The minimum Gasteiger partial charge on any atom is -0.481 e. The molecular formula is C17H19F2NO4. The summed E-state index contributed by atoms with van der Waals surface area (Å²) in [4.78, 5) is 25.1. The SMILES string of the molecule is O=C(O)[C@H]1CN(C(=O)COCC2CC2)C[C@@H]1c1ccc(F)cc1F. The number of carbonyl (C=O) groups excluding carboxylic acids is 1. The number of carbonyl (C=O) groups is 2. The molecule has 0 unspecified atom stereocenters. The molecule has 0 aromatic heterocycles. The molecule has 1 amide bonds. The molecule has 1 saturated heterocycles. The predicted octanol–water partition coefficient (Wildman–Crippen LogP) is 2.02. The van der Waals surface area contributed by atoms with E-state index in [1.807, 2.05) is 0 Å². The summed E-state index contributed by atoms with van der Waals surface area (Å²) in [6.45, 7) is 0.535. The number of carboxylic acid groups (broad SMARTS) is 1. The highest BCUT2D eigenvalue weighted by Gasteiger charge is 2.41. The van der Waals surface area contributed by atoms with Gasteiger partial charge in [0.05, 0.1) is 12.5 Å². The maximum atomic E-state index is 14.0. The third-order valence-electron chi connectivity index (χ3n) is 4.63. The van der Waals surface area contributed by atoms with Gasteiger partial charge in [0.1, 0.15) is 18.2 Å². The lowest BCUT2D eigenvalue weighted by Gasteiger charge is -2.17. The smallest absolute Gasteiger partial charge is 0.308 e. The van der Waals surface area contributed by atoms with E-state index in [1.165, 1.54) is 11.0 Å². The van der Waals surface area contributed by atoms with E-state index >= 15 is 0 Å². The number of rotatable bonds is 6. The summed E-state index contributed by atoms with van der Waals surface area (Å²) >= 11 is 0. The van der Waals surface area contributed by atoms with Crippen LogP contribution in [0.5, 0.6) is 0 Å². The quantitative estimate of drug-likeness (QED) is 0.861. The maximum Gasteiger partial charge on any atom is 0.308 e. The molecule has 5 nitrogen and oxygen atoms in total. The summed E-state index contributed by atoms with van der Waals surface area (Å²) in [7, 11) is 0. The number of benzene rings is 1. The van der Waals surface area contributed by atoms with Crippen molar-refractivity contribution in [2.45, 2.75) is 18.8 Å². The van der Waals surface area contributed by atoms with Crippen molar-refractivity contribution in [2.75, 3.05) is 26.3 Å². The van der Waals surface area contributed by atoms with Gasteiger partial charge in [-0.2, -0.15) is 0 Å². The number of amides is 1. The van der Waals surface area contributed by atoms with Crippen LogP contribution in [0.25, 0.3) is 0 Å². The lowest BCUT2D eigenvalue weighted by Crippen LogP contribution is -2.33. The third kappa shape index (κ3) is 3.72. The van der Waals surface area contributed by atoms with E-state index < -0.39 is 29.4 Å². The van der Waals surface area contributed by atoms with Crippen LogP contribution in [0.15, 0.2) is 18.2 Å². The first kappa shape index (κ1) is 16.8. The van der Waals surface area contributed by atoms with Crippen molar-refractivity contribution < 1.29 is 28.2 Å². The average molecular weight is 339 g/mol. The largest absolute Gasteiger partial charge is 0.481 e. The number of ether oxygens (including phenoxy) is 1. The van der Waals surface area contributed by atoms with Gasteiger partial charge in [0.2, 0.25) is 5.91 Å². The second-order valence-corrected chi connectivity index (χ2v) is 6.47. The molecule has 7 heteroatoms. The molecule has 130 valence electrons. The number of halogens is 2. The molecule has 2 fully saturated rings. The first-order valence-corrected chi connectivity index (χ1v) is 7.99. The van der Waals surface area contributed by atoms with E-state index in [4.69, 9.17) is 4.74 Å². The highest BCUT2D eigenvalue weighted by Crippen LogP contribution is 2.35. The van der Waals surface area contributed by atoms with Gasteiger partial charge in [0.15, 0.2) is 0 Å². The van der Waals surface area contributed by atoms with Crippen LogP contribution in [0, 0.1) is 23.5 Å². The summed E-state index contributed by atoms with van der Waals surface area (Å²) in [6.07, 6.45) is 2.23. The fraction of sp³-hybridized carbons (Fsp3) is 0.529. The second kappa shape index (κ2) is 6.84. The first-order chi connectivity index (χ1) is 11.5. The van der Waals surface area contributed by atoms with Crippen molar-refractivity contribution in [1.82, 2.24) is 4.90 Å². The molecule has 24 heavy (non-hydrogen) atoms. The van der Waals surface area contributed by atoms with Gasteiger partial charge in [-0.3, -0.25) is 9.59 Å². The second-order valence-electron chi connectivity index (χ2n) is 6.47. The number of hydrogen-bond acceptors (Lipinski definition) is 3. The van der Waals surface area contributed by atoms with Gasteiger partial charge >= 0.3 is 5.97 Å². The summed E-state index contributed by atoms with van der Waals surface area (Å²) in [5.74, 6) is -3.99. The molecule has 1 saturated carbocycles. The predicted molar refractivity (Wildman–Crippen MR) is 80.3 cm³/mol. The van der Waals surface area contributed by atoms with Crippen molar-refractivity contribution in [2.24, 2.45) is 11.8 Å². The molecule has 1 aliphatic heterocycles. The van der Waals surface area contributed by atoms with E-state index in [9.17, 15) is 23.5 Å². The van der Waals surface area contributed by atoms with Crippen LogP contribution in [0.4, 0.5) is 8.78 Å². The fourth-order valence-electron chi connectivity index (χ4n) is 3.06. The maximum absolute atomic E-state index is 14.0. The molecule has 0 radical (unpaired) electrons. The highest BCUT2D eigenvalue weighted by molar-refractivity contribution is 5.80. The van der Waals surface area contributed by atoms with Gasteiger partial charge in [0.25, 0.3) is 0 Å². The Morgan fingerprint density at radius 1 is 1.25 bits per heavy atom. The van der Waals surface area contributed by atoms with E-state index in [2.05, 4.69) is 0 Å². The summed E-state index contributed by atoms with van der Waals surface area (Å²) in [5, 5.41) is 9.38. The fourth-order valence-corrected chi connectivity index (χ4v) is 3.06. The van der Waals surface area contributed by atoms with E-state index in [0.29, 0.717) is 12.5 Å². The monoisotopic (exact) mass is 339 g/mol. The van der Waals surface area contributed by atoms with Crippen LogP contribution in [-0.4, -0.2) is 48.2 Å². The molecule has 1 heterocycles. The normalized spacial score (nSPS) is 23.5. The van der Waals surface area contributed by atoms with Crippen LogP contribution >= 0.6 is 0 Å². The number of carboxylic acids is 1. The lowest BCUT2D eigenvalue weighted by molar-refractivity contribution is -0.142. The third-order valence-corrected chi connectivity index (χ3v) is 4.63. The van der Waals surface area contributed by atoms with Crippen molar-refractivity contribution in [3.63, 3.8) is 0 Å². The highest BCUT2D eigenvalue weighted by atomic mass is 19.1. The van der Waals surface area contributed by atoms with Crippen LogP contribution in [0.1, 0.15) is 24.3 Å².